The van der Waals surface area contributed by atoms with Crippen LogP contribution in [0.4, 0.5) is 0 Å². The highest BCUT2D eigenvalue weighted by Gasteiger charge is 2.18. The number of benzene rings is 1. The number of amides is 1. The highest BCUT2D eigenvalue weighted by atomic mass is 16.5. The predicted octanol–water partition coefficient (Wildman–Crippen LogP) is 0.0258. The molecule has 0 bridgehead atoms. The molecule has 0 heterocycles. The molecule has 0 aliphatic carbocycles. The summed E-state index contributed by atoms with van der Waals surface area (Å²) >= 11 is 0. The van der Waals surface area contributed by atoms with Gasteiger partial charge in [0, 0.05) is 0 Å². The van der Waals surface area contributed by atoms with Crippen molar-refractivity contribution in [2.24, 2.45) is 0 Å². The molecular weight excluding hydrogens is 266 g/mol. The van der Waals surface area contributed by atoms with Crippen molar-refractivity contribution in [3.8, 4) is 11.5 Å². The van der Waals surface area contributed by atoms with Gasteiger partial charge in [0.05, 0.1) is 13.2 Å². The van der Waals surface area contributed by atoms with Crippen LogP contribution >= 0.6 is 0 Å². The van der Waals surface area contributed by atoms with Crippen LogP contribution in [0.25, 0.3) is 0 Å². The van der Waals surface area contributed by atoms with Crippen molar-refractivity contribution >= 4 is 11.9 Å². The first-order valence-corrected chi connectivity index (χ1v) is 6.05. The second kappa shape index (κ2) is 8.00. The van der Waals surface area contributed by atoms with E-state index >= 15 is 0 Å². The average Bonchev–Trinajstić information content (AvgIpc) is 2.44. The summed E-state index contributed by atoms with van der Waals surface area (Å²) in [5.74, 6) is -0.780. The zero-order valence-corrected chi connectivity index (χ0v) is 11.0. The number of aliphatic carboxylic acids is 1. The molecular formula is C13H17NO6. The minimum Gasteiger partial charge on any atom is -0.494 e. The Kier molecular flexibility index (Phi) is 6.31. The summed E-state index contributed by atoms with van der Waals surface area (Å²) in [4.78, 5) is 22.0. The van der Waals surface area contributed by atoms with Crippen LogP contribution in [0.3, 0.4) is 0 Å². The lowest BCUT2D eigenvalue weighted by molar-refractivity contribution is -0.143. The number of rotatable bonds is 8. The Morgan fingerprint density at radius 1 is 1.20 bits per heavy atom. The summed E-state index contributed by atoms with van der Waals surface area (Å²) in [5, 5.41) is 19.6. The van der Waals surface area contributed by atoms with Crippen molar-refractivity contribution in [2.75, 3.05) is 19.8 Å². The van der Waals surface area contributed by atoms with E-state index in [0.717, 1.165) is 0 Å². The minimum absolute atomic E-state index is 0.336. The zero-order chi connectivity index (χ0) is 15.0. The molecule has 0 saturated heterocycles. The Balaban J connectivity index is 2.42. The van der Waals surface area contributed by atoms with E-state index in [0.29, 0.717) is 18.1 Å². The van der Waals surface area contributed by atoms with Crippen molar-refractivity contribution in [3.05, 3.63) is 24.3 Å². The van der Waals surface area contributed by atoms with Crippen LogP contribution in [-0.2, 0) is 9.59 Å². The smallest absolute Gasteiger partial charge is 0.328 e. The summed E-state index contributed by atoms with van der Waals surface area (Å²) in [6, 6.07) is 5.35. The molecule has 0 aliphatic rings. The highest BCUT2D eigenvalue weighted by molar-refractivity contribution is 5.84. The van der Waals surface area contributed by atoms with Gasteiger partial charge in [-0.05, 0) is 31.2 Å². The molecule has 7 heteroatoms. The van der Waals surface area contributed by atoms with E-state index in [2.05, 4.69) is 5.32 Å². The van der Waals surface area contributed by atoms with Gasteiger partial charge in [0.2, 0.25) is 0 Å². The van der Waals surface area contributed by atoms with Gasteiger partial charge in [-0.1, -0.05) is 0 Å². The predicted molar refractivity (Wildman–Crippen MR) is 69.8 cm³/mol. The molecule has 7 nitrogen and oxygen atoms in total. The number of carbonyl (C=O) groups excluding carboxylic acids is 1. The van der Waals surface area contributed by atoms with Gasteiger partial charge in [0.25, 0.3) is 5.91 Å². The van der Waals surface area contributed by atoms with Crippen molar-refractivity contribution in [1.82, 2.24) is 5.32 Å². The normalized spacial score (nSPS) is 11.5. The van der Waals surface area contributed by atoms with Gasteiger partial charge >= 0.3 is 5.97 Å². The van der Waals surface area contributed by atoms with Crippen molar-refractivity contribution in [2.45, 2.75) is 13.0 Å². The molecule has 1 amide bonds. The largest absolute Gasteiger partial charge is 0.494 e. The molecule has 1 aromatic rings. The molecule has 20 heavy (non-hydrogen) atoms. The second-order valence-corrected chi connectivity index (χ2v) is 3.83. The number of carboxylic acid groups (broad SMARTS) is 1. The summed E-state index contributed by atoms with van der Waals surface area (Å²) in [5.41, 5.74) is 0. The number of ether oxygens (including phenoxy) is 2. The number of hydrogen-bond acceptors (Lipinski definition) is 5. The van der Waals surface area contributed by atoms with Gasteiger partial charge in [-0.2, -0.15) is 0 Å². The second-order valence-electron chi connectivity index (χ2n) is 3.83. The van der Waals surface area contributed by atoms with E-state index in [4.69, 9.17) is 19.7 Å². The van der Waals surface area contributed by atoms with E-state index in [1.807, 2.05) is 6.92 Å². The molecule has 0 radical (unpaired) electrons. The van der Waals surface area contributed by atoms with E-state index in [1.54, 1.807) is 24.3 Å². The topological polar surface area (TPSA) is 105 Å². The fourth-order valence-electron chi connectivity index (χ4n) is 1.37. The summed E-state index contributed by atoms with van der Waals surface area (Å²) < 4.78 is 10.4. The number of aliphatic hydroxyl groups excluding tert-OH is 1. The molecule has 0 aliphatic heterocycles. The third-order valence-corrected chi connectivity index (χ3v) is 2.32. The van der Waals surface area contributed by atoms with E-state index in [1.165, 1.54) is 0 Å². The highest BCUT2D eigenvalue weighted by Crippen LogP contribution is 2.17. The van der Waals surface area contributed by atoms with Crippen LogP contribution in [0, 0.1) is 0 Å². The molecule has 1 atom stereocenters. The number of carbonyl (C=O) groups is 2. The van der Waals surface area contributed by atoms with Gasteiger partial charge < -0.3 is 25.0 Å². The van der Waals surface area contributed by atoms with Crippen LogP contribution in [0.5, 0.6) is 11.5 Å². The van der Waals surface area contributed by atoms with Crippen LogP contribution in [-0.4, -0.2) is 48.0 Å². The van der Waals surface area contributed by atoms with Crippen molar-refractivity contribution in [1.29, 1.82) is 0 Å². The lowest BCUT2D eigenvalue weighted by Crippen LogP contribution is -2.45. The molecule has 110 valence electrons. The van der Waals surface area contributed by atoms with Crippen LogP contribution < -0.4 is 14.8 Å². The van der Waals surface area contributed by atoms with Gasteiger partial charge in [-0.3, -0.25) is 4.79 Å². The van der Waals surface area contributed by atoms with Gasteiger partial charge in [0.1, 0.15) is 17.5 Å². The summed E-state index contributed by atoms with van der Waals surface area (Å²) in [7, 11) is 0. The Bertz CT molecular complexity index is 445. The molecule has 0 saturated carbocycles. The number of hydrogen-bond donors (Lipinski definition) is 3. The molecule has 0 aromatic heterocycles. The van der Waals surface area contributed by atoms with Gasteiger partial charge in [0.15, 0.2) is 6.61 Å². The van der Waals surface area contributed by atoms with Gasteiger partial charge in [-0.15, -0.1) is 0 Å². The maximum absolute atomic E-state index is 11.4. The van der Waals surface area contributed by atoms with Crippen LogP contribution in [0.2, 0.25) is 0 Å². The Morgan fingerprint density at radius 2 is 1.75 bits per heavy atom. The molecule has 0 unspecified atom stereocenters. The maximum Gasteiger partial charge on any atom is 0.328 e. The Morgan fingerprint density at radius 3 is 2.20 bits per heavy atom. The monoisotopic (exact) mass is 283 g/mol. The number of nitrogens with one attached hydrogen (secondary N) is 1. The Labute approximate surface area is 116 Å². The number of carboxylic acids is 1. The quantitative estimate of drug-likeness (QED) is 0.621. The van der Waals surface area contributed by atoms with Gasteiger partial charge in [-0.25, -0.2) is 4.79 Å². The molecule has 0 spiro atoms. The first-order valence-electron chi connectivity index (χ1n) is 6.05. The fourth-order valence-corrected chi connectivity index (χ4v) is 1.37. The molecule has 1 aromatic carbocycles. The first kappa shape index (κ1) is 15.8. The third kappa shape index (κ3) is 5.15. The van der Waals surface area contributed by atoms with Crippen LogP contribution in [0.1, 0.15) is 6.92 Å². The van der Waals surface area contributed by atoms with Crippen molar-refractivity contribution in [3.63, 3.8) is 0 Å². The van der Waals surface area contributed by atoms with E-state index in [-0.39, 0.29) is 6.61 Å². The van der Waals surface area contributed by atoms with E-state index < -0.39 is 24.5 Å². The lowest BCUT2D eigenvalue weighted by atomic mass is 10.3. The third-order valence-electron chi connectivity index (χ3n) is 2.32. The summed E-state index contributed by atoms with van der Waals surface area (Å²) in [6.07, 6.45) is 0. The fraction of sp³-hybridized carbons (Fsp3) is 0.385. The zero-order valence-electron chi connectivity index (χ0n) is 11.0. The molecule has 3 N–H and O–H groups in total. The van der Waals surface area contributed by atoms with Crippen molar-refractivity contribution < 1.29 is 29.3 Å². The average molecular weight is 283 g/mol. The maximum atomic E-state index is 11.4. The molecule has 1 rings (SSSR count). The minimum atomic E-state index is -1.33. The summed E-state index contributed by atoms with van der Waals surface area (Å²) in [6.45, 7) is 1.41. The lowest BCUT2D eigenvalue weighted by Gasteiger charge is -2.12. The SMILES string of the molecule is CCOc1ccc(OCC(=O)N[C@@H](CO)C(=O)O)cc1. The Hall–Kier alpha value is -2.28. The first-order chi connectivity index (χ1) is 9.56. The van der Waals surface area contributed by atoms with E-state index in [9.17, 15) is 9.59 Å². The number of aliphatic hydroxyl groups is 1. The van der Waals surface area contributed by atoms with Crippen LogP contribution in [0.15, 0.2) is 24.3 Å². The standard InChI is InChI=1S/C13H17NO6/c1-2-19-9-3-5-10(6-4-9)20-8-12(16)14-11(7-15)13(17)18/h3-6,11,15H,2,7-8H2,1H3,(H,14,16)(H,17,18)/t11-/m0/s1. The molecule has 0 fully saturated rings.